The molecule has 132 valence electrons. The second-order valence-electron chi connectivity index (χ2n) is 6.31. The summed E-state index contributed by atoms with van der Waals surface area (Å²) in [5.41, 5.74) is 4.15. The minimum absolute atomic E-state index is 0.0216. The van der Waals surface area contributed by atoms with E-state index in [9.17, 15) is 4.79 Å². The van der Waals surface area contributed by atoms with E-state index in [0.717, 1.165) is 46.3 Å². The lowest BCUT2D eigenvalue weighted by atomic mass is 10.1. The minimum Gasteiger partial charge on any atom is -0.461 e. The van der Waals surface area contributed by atoms with Crippen molar-refractivity contribution in [1.29, 1.82) is 0 Å². The summed E-state index contributed by atoms with van der Waals surface area (Å²) >= 11 is 1.61. The van der Waals surface area contributed by atoms with Crippen molar-refractivity contribution in [3.8, 4) is 22.5 Å². The van der Waals surface area contributed by atoms with E-state index in [4.69, 9.17) is 9.72 Å². The van der Waals surface area contributed by atoms with Crippen LogP contribution in [0.4, 0.5) is 0 Å². The van der Waals surface area contributed by atoms with Crippen LogP contribution in [0.25, 0.3) is 22.5 Å². The Morgan fingerprint density at radius 1 is 1.04 bits per heavy atom. The Balaban J connectivity index is 1.60. The summed E-state index contributed by atoms with van der Waals surface area (Å²) in [6.07, 6.45) is 2.35. The third-order valence-corrected chi connectivity index (χ3v) is 5.41. The molecule has 4 nitrogen and oxygen atoms in total. The minimum atomic E-state index is -0.0868. The summed E-state index contributed by atoms with van der Waals surface area (Å²) in [6.45, 7) is 0. The average molecular weight is 364 g/mol. The Morgan fingerprint density at radius 2 is 1.73 bits per heavy atom. The van der Waals surface area contributed by atoms with Gasteiger partial charge in [-0.2, -0.15) is 0 Å². The molecule has 1 atom stereocenters. The molecule has 0 saturated carbocycles. The van der Waals surface area contributed by atoms with Crippen LogP contribution < -0.4 is 0 Å². The quantitative estimate of drug-likeness (QED) is 0.515. The van der Waals surface area contributed by atoms with Gasteiger partial charge in [0.2, 0.25) is 0 Å². The van der Waals surface area contributed by atoms with Gasteiger partial charge in [-0.05, 0) is 12.8 Å². The lowest BCUT2D eigenvalue weighted by Crippen LogP contribution is -2.25. The predicted octanol–water partition coefficient (Wildman–Crippen LogP) is 4.93. The van der Waals surface area contributed by atoms with E-state index in [1.54, 1.807) is 11.8 Å². The number of carbonyl (C=O) groups is 1. The van der Waals surface area contributed by atoms with Crippen LogP contribution in [0.2, 0.25) is 0 Å². The molecule has 3 aromatic rings. The summed E-state index contributed by atoms with van der Waals surface area (Å²) in [4.78, 5) is 19.7. The smallest absolute Gasteiger partial charge is 0.306 e. The number of rotatable bonds is 5. The van der Waals surface area contributed by atoms with Crippen LogP contribution in [-0.4, -0.2) is 27.8 Å². The summed E-state index contributed by atoms with van der Waals surface area (Å²) in [6, 6.07) is 20.4. The average Bonchev–Trinajstić information content (AvgIpc) is 3.12. The van der Waals surface area contributed by atoms with Gasteiger partial charge in [0.15, 0.2) is 5.16 Å². The van der Waals surface area contributed by atoms with E-state index in [0.29, 0.717) is 6.42 Å². The molecule has 2 heterocycles. The van der Waals surface area contributed by atoms with Crippen molar-refractivity contribution in [2.45, 2.75) is 30.5 Å². The largest absolute Gasteiger partial charge is 0.461 e. The fourth-order valence-corrected chi connectivity index (χ4v) is 4.01. The van der Waals surface area contributed by atoms with Crippen LogP contribution in [0.15, 0.2) is 65.8 Å². The van der Waals surface area contributed by atoms with Crippen LogP contribution in [0, 0.1) is 0 Å². The molecule has 4 rings (SSSR count). The highest BCUT2D eigenvalue weighted by Crippen LogP contribution is 2.33. The van der Waals surface area contributed by atoms with Crippen LogP contribution >= 0.6 is 11.8 Å². The summed E-state index contributed by atoms with van der Waals surface area (Å²) in [7, 11) is 0. The van der Waals surface area contributed by atoms with Gasteiger partial charge >= 0.3 is 5.97 Å². The summed E-state index contributed by atoms with van der Waals surface area (Å²) < 4.78 is 5.41. The molecule has 0 unspecified atom stereocenters. The van der Waals surface area contributed by atoms with Crippen LogP contribution in [0.1, 0.15) is 19.3 Å². The lowest BCUT2D eigenvalue weighted by Gasteiger charge is -2.21. The standard InChI is InChI=1S/C21H20N2O2S/c24-18-13-7-12-17(25-18)14-26-21-22-19(15-8-3-1-4-9-15)20(23-21)16-10-5-2-6-11-16/h1-6,8-11,17H,7,12-14H2,(H,22,23)/t17-/m0/s1. The first kappa shape index (κ1) is 16.9. The number of hydrogen-bond donors (Lipinski definition) is 1. The highest BCUT2D eigenvalue weighted by molar-refractivity contribution is 7.99. The normalized spacial score (nSPS) is 17.1. The number of aromatic nitrogens is 2. The molecule has 5 heteroatoms. The van der Waals surface area contributed by atoms with Gasteiger partial charge < -0.3 is 9.72 Å². The third-order valence-electron chi connectivity index (χ3n) is 4.40. The molecular formula is C21H20N2O2S. The molecule has 1 aliphatic rings. The second-order valence-corrected chi connectivity index (χ2v) is 7.32. The molecule has 1 aliphatic heterocycles. The first-order valence-corrected chi connectivity index (χ1v) is 9.81. The van der Waals surface area contributed by atoms with Crippen molar-refractivity contribution < 1.29 is 9.53 Å². The number of carbonyl (C=O) groups excluding carboxylic acids is 1. The summed E-state index contributed by atoms with van der Waals surface area (Å²) in [5.74, 6) is 0.637. The molecule has 1 fully saturated rings. The number of esters is 1. The number of imidazole rings is 1. The van der Waals surface area contributed by atoms with Crippen molar-refractivity contribution in [1.82, 2.24) is 9.97 Å². The van der Waals surface area contributed by atoms with E-state index in [-0.39, 0.29) is 12.1 Å². The molecule has 26 heavy (non-hydrogen) atoms. The van der Waals surface area contributed by atoms with Crippen molar-refractivity contribution >= 4 is 17.7 Å². The van der Waals surface area contributed by atoms with Gasteiger partial charge in [-0.3, -0.25) is 4.79 Å². The fourth-order valence-electron chi connectivity index (χ4n) is 3.11. The maximum absolute atomic E-state index is 11.5. The van der Waals surface area contributed by atoms with Gasteiger partial charge in [-0.1, -0.05) is 72.4 Å². The number of aromatic amines is 1. The molecule has 1 aromatic heterocycles. The molecule has 0 bridgehead atoms. The Kier molecular flexibility index (Phi) is 5.07. The molecule has 0 spiro atoms. The number of ether oxygens (including phenoxy) is 1. The van der Waals surface area contributed by atoms with E-state index in [2.05, 4.69) is 29.2 Å². The van der Waals surface area contributed by atoms with Crippen molar-refractivity contribution in [3.05, 3.63) is 60.7 Å². The number of hydrogen-bond acceptors (Lipinski definition) is 4. The van der Waals surface area contributed by atoms with Crippen molar-refractivity contribution in [3.63, 3.8) is 0 Å². The Bertz CT molecular complexity index is 821. The van der Waals surface area contributed by atoms with Gasteiger partial charge in [-0.15, -0.1) is 0 Å². The molecule has 0 amide bonds. The number of benzene rings is 2. The Hall–Kier alpha value is -2.53. The number of cyclic esters (lactones) is 1. The molecule has 1 saturated heterocycles. The second kappa shape index (κ2) is 7.79. The van der Waals surface area contributed by atoms with E-state index >= 15 is 0 Å². The van der Waals surface area contributed by atoms with Crippen molar-refractivity contribution in [2.75, 3.05) is 5.75 Å². The number of H-pyrrole nitrogens is 1. The Morgan fingerprint density at radius 3 is 2.42 bits per heavy atom. The number of nitrogens with zero attached hydrogens (tertiary/aromatic N) is 1. The Labute approximate surface area is 157 Å². The van der Waals surface area contributed by atoms with Crippen LogP contribution in [0.5, 0.6) is 0 Å². The van der Waals surface area contributed by atoms with Crippen LogP contribution in [-0.2, 0) is 9.53 Å². The molecule has 0 radical (unpaired) electrons. The zero-order valence-electron chi connectivity index (χ0n) is 14.4. The van der Waals surface area contributed by atoms with Gasteiger partial charge in [0.25, 0.3) is 0 Å². The topological polar surface area (TPSA) is 55.0 Å². The van der Waals surface area contributed by atoms with Crippen molar-refractivity contribution in [2.24, 2.45) is 0 Å². The van der Waals surface area contributed by atoms with E-state index in [1.807, 2.05) is 36.4 Å². The molecule has 0 aliphatic carbocycles. The van der Waals surface area contributed by atoms with E-state index < -0.39 is 0 Å². The third kappa shape index (κ3) is 3.83. The van der Waals surface area contributed by atoms with Gasteiger partial charge in [0, 0.05) is 23.3 Å². The van der Waals surface area contributed by atoms with Gasteiger partial charge in [0.1, 0.15) is 6.10 Å². The fraction of sp³-hybridized carbons (Fsp3) is 0.238. The summed E-state index contributed by atoms with van der Waals surface area (Å²) in [5, 5.41) is 0.851. The zero-order valence-corrected chi connectivity index (χ0v) is 15.2. The van der Waals surface area contributed by atoms with Gasteiger partial charge in [-0.25, -0.2) is 4.98 Å². The van der Waals surface area contributed by atoms with Gasteiger partial charge in [0.05, 0.1) is 11.4 Å². The maximum Gasteiger partial charge on any atom is 0.306 e. The molecule has 2 aromatic carbocycles. The lowest BCUT2D eigenvalue weighted by molar-refractivity contribution is -0.152. The first-order chi connectivity index (χ1) is 12.8. The predicted molar refractivity (Wildman–Crippen MR) is 104 cm³/mol. The molecular weight excluding hydrogens is 344 g/mol. The number of thioether (sulfide) groups is 1. The first-order valence-electron chi connectivity index (χ1n) is 8.83. The zero-order chi connectivity index (χ0) is 17.8. The highest BCUT2D eigenvalue weighted by atomic mass is 32.2. The maximum atomic E-state index is 11.5. The van der Waals surface area contributed by atoms with Crippen LogP contribution in [0.3, 0.4) is 0 Å². The SMILES string of the molecule is O=C1CCC[C@@H](CSc2nc(-c3ccccc3)c(-c3ccccc3)[nH]2)O1. The molecule has 1 N–H and O–H groups in total. The monoisotopic (exact) mass is 364 g/mol. The van der Waals surface area contributed by atoms with E-state index in [1.165, 1.54) is 0 Å². The number of nitrogens with one attached hydrogen (secondary N) is 1. The highest BCUT2D eigenvalue weighted by Gasteiger charge is 2.21.